The van der Waals surface area contributed by atoms with Gasteiger partial charge in [0.1, 0.15) is 0 Å². The van der Waals surface area contributed by atoms with Crippen molar-refractivity contribution in [3.05, 3.63) is 46.8 Å². The largest absolute Gasteiger partial charge is 0.371 e. The summed E-state index contributed by atoms with van der Waals surface area (Å²) in [7, 11) is 0. The minimum Gasteiger partial charge on any atom is -0.371 e. The molecule has 2 aliphatic rings. The van der Waals surface area contributed by atoms with E-state index in [-0.39, 0.29) is 0 Å². The van der Waals surface area contributed by atoms with E-state index in [1.54, 1.807) is 11.1 Å². The average Bonchev–Trinajstić information content (AvgIpc) is 3.28. The van der Waals surface area contributed by atoms with Crippen molar-refractivity contribution in [2.24, 2.45) is 0 Å². The summed E-state index contributed by atoms with van der Waals surface area (Å²) < 4.78 is 5.36. The van der Waals surface area contributed by atoms with Crippen molar-refractivity contribution in [2.45, 2.75) is 58.0 Å². The number of nitrogens with zero attached hydrogens (tertiary/aromatic N) is 2. The Labute approximate surface area is 144 Å². The first-order chi connectivity index (χ1) is 11.8. The Kier molecular flexibility index (Phi) is 4.56. The van der Waals surface area contributed by atoms with Gasteiger partial charge in [0, 0.05) is 30.9 Å². The monoisotopic (exact) mass is 325 g/mol. The Hall–Kier alpha value is -1.81. The molecule has 0 unspecified atom stereocenters. The van der Waals surface area contributed by atoms with Gasteiger partial charge in [-0.05, 0) is 61.8 Å². The summed E-state index contributed by atoms with van der Waals surface area (Å²) in [5.74, 6) is 0.952. The Morgan fingerprint density at radius 2 is 2.00 bits per heavy atom. The molecule has 2 aromatic rings. The smallest absolute Gasteiger partial charge is 0.150 e. The van der Waals surface area contributed by atoms with Crippen LogP contribution in [0.3, 0.4) is 0 Å². The first-order valence-corrected chi connectivity index (χ1v) is 9.36. The average molecular weight is 325 g/mol. The highest BCUT2D eigenvalue weighted by Crippen LogP contribution is 2.28. The van der Waals surface area contributed by atoms with Crippen LogP contribution in [0.5, 0.6) is 0 Å². The van der Waals surface area contributed by atoms with Gasteiger partial charge in [0.05, 0.1) is 12.2 Å². The predicted octanol–water partition coefficient (Wildman–Crippen LogP) is 3.48. The molecule has 128 valence electrons. The van der Waals surface area contributed by atoms with E-state index in [9.17, 15) is 0 Å². The molecule has 2 heterocycles. The van der Waals surface area contributed by atoms with Crippen LogP contribution in [0.25, 0.3) is 0 Å². The summed E-state index contributed by atoms with van der Waals surface area (Å²) in [6, 6.07) is 9.73. The Bertz CT molecular complexity index is 686. The molecule has 0 saturated carbocycles. The molecule has 1 N–H and O–H groups in total. The molecule has 1 aromatic carbocycles. The molecule has 0 atom stereocenters. The van der Waals surface area contributed by atoms with Gasteiger partial charge in [-0.25, -0.2) is 0 Å². The summed E-state index contributed by atoms with van der Waals surface area (Å²) in [4.78, 5) is 2.54. The van der Waals surface area contributed by atoms with Gasteiger partial charge in [-0.1, -0.05) is 18.1 Å². The Morgan fingerprint density at radius 1 is 1.17 bits per heavy atom. The quantitative estimate of drug-likeness (QED) is 0.914. The van der Waals surface area contributed by atoms with Crippen LogP contribution in [0.15, 0.2) is 28.8 Å². The molecule has 1 aliphatic carbocycles. The van der Waals surface area contributed by atoms with Gasteiger partial charge >= 0.3 is 0 Å². The van der Waals surface area contributed by atoms with Crippen LogP contribution in [0.4, 0.5) is 5.69 Å². The van der Waals surface area contributed by atoms with E-state index in [4.69, 9.17) is 4.52 Å². The van der Waals surface area contributed by atoms with Crippen LogP contribution >= 0.6 is 0 Å². The highest BCUT2D eigenvalue weighted by Gasteiger charge is 2.21. The van der Waals surface area contributed by atoms with Crippen molar-refractivity contribution in [2.75, 3.05) is 18.0 Å². The van der Waals surface area contributed by atoms with Crippen LogP contribution in [0, 0.1) is 0 Å². The number of hydrogen-bond acceptors (Lipinski definition) is 4. The maximum atomic E-state index is 5.36. The fourth-order valence-corrected chi connectivity index (χ4v) is 3.95. The van der Waals surface area contributed by atoms with Gasteiger partial charge in [-0.2, -0.15) is 0 Å². The molecule has 1 aliphatic heterocycles. The number of piperidine rings is 1. The number of benzene rings is 1. The van der Waals surface area contributed by atoms with Crippen molar-refractivity contribution in [1.29, 1.82) is 0 Å². The molecule has 1 saturated heterocycles. The third kappa shape index (κ3) is 3.34. The standard InChI is InChI=1S/C20H27N3O/c1-2-17-13-20(24-22-17)14-21-18-8-10-23(11-9-18)19-7-6-15-4-3-5-16(15)12-19/h6-7,12-13,18,21H,2-5,8-11,14H2,1H3. The number of aryl methyl sites for hydroxylation is 3. The summed E-state index contributed by atoms with van der Waals surface area (Å²) in [5, 5.41) is 7.68. The number of anilines is 1. The zero-order valence-electron chi connectivity index (χ0n) is 14.6. The lowest BCUT2D eigenvalue weighted by molar-refractivity contribution is 0.343. The summed E-state index contributed by atoms with van der Waals surface area (Å²) in [5.41, 5.74) is 5.59. The molecule has 0 radical (unpaired) electrons. The Morgan fingerprint density at radius 3 is 2.79 bits per heavy atom. The van der Waals surface area contributed by atoms with Gasteiger partial charge in [-0.15, -0.1) is 0 Å². The number of nitrogens with one attached hydrogen (secondary N) is 1. The van der Waals surface area contributed by atoms with E-state index in [2.05, 4.69) is 46.6 Å². The number of aromatic nitrogens is 1. The minimum atomic E-state index is 0.575. The van der Waals surface area contributed by atoms with Gasteiger partial charge in [-0.3, -0.25) is 0 Å². The van der Waals surface area contributed by atoms with Crippen LogP contribution in [-0.4, -0.2) is 24.3 Å². The zero-order valence-corrected chi connectivity index (χ0v) is 14.6. The van der Waals surface area contributed by atoms with Gasteiger partial charge in [0.25, 0.3) is 0 Å². The molecule has 4 heteroatoms. The third-order valence-electron chi connectivity index (χ3n) is 5.48. The fraction of sp³-hybridized carbons (Fsp3) is 0.550. The molecule has 0 spiro atoms. The van der Waals surface area contributed by atoms with Gasteiger partial charge in [0.15, 0.2) is 5.76 Å². The van der Waals surface area contributed by atoms with Crippen LogP contribution < -0.4 is 10.2 Å². The molecule has 4 nitrogen and oxygen atoms in total. The van der Waals surface area contributed by atoms with Crippen LogP contribution in [0.2, 0.25) is 0 Å². The molecular formula is C20H27N3O. The van der Waals surface area contributed by atoms with Crippen molar-refractivity contribution in [3.63, 3.8) is 0 Å². The zero-order chi connectivity index (χ0) is 16.4. The molecule has 0 amide bonds. The first-order valence-electron chi connectivity index (χ1n) is 9.36. The van der Waals surface area contributed by atoms with Crippen molar-refractivity contribution in [3.8, 4) is 0 Å². The molecule has 1 aromatic heterocycles. The van der Waals surface area contributed by atoms with Gasteiger partial charge in [0.2, 0.25) is 0 Å². The van der Waals surface area contributed by atoms with Crippen molar-refractivity contribution >= 4 is 5.69 Å². The fourth-order valence-electron chi connectivity index (χ4n) is 3.95. The minimum absolute atomic E-state index is 0.575. The molecular weight excluding hydrogens is 298 g/mol. The summed E-state index contributed by atoms with van der Waals surface area (Å²) in [6.45, 7) is 5.15. The molecule has 24 heavy (non-hydrogen) atoms. The maximum Gasteiger partial charge on any atom is 0.150 e. The maximum absolute atomic E-state index is 5.36. The Balaban J connectivity index is 1.28. The van der Waals surface area contributed by atoms with E-state index in [1.165, 1.54) is 37.8 Å². The highest BCUT2D eigenvalue weighted by atomic mass is 16.5. The topological polar surface area (TPSA) is 41.3 Å². The summed E-state index contributed by atoms with van der Waals surface area (Å²) in [6.07, 6.45) is 7.16. The van der Waals surface area contributed by atoms with E-state index in [0.29, 0.717) is 6.04 Å². The predicted molar refractivity (Wildman–Crippen MR) is 96.4 cm³/mol. The molecule has 1 fully saturated rings. The first kappa shape index (κ1) is 15.7. The third-order valence-corrected chi connectivity index (χ3v) is 5.48. The highest BCUT2D eigenvalue weighted by molar-refractivity contribution is 5.52. The van der Waals surface area contributed by atoms with E-state index >= 15 is 0 Å². The van der Waals surface area contributed by atoms with E-state index in [1.807, 2.05) is 0 Å². The summed E-state index contributed by atoms with van der Waals surface area (Å²) >= 11 is 0. The second-order valence-electron chi connectivity index (χ2n) is 7.09. The second kappa shape index (κ2) is 6.98. The lowest BCUT2D eigenvalue weighted by Crippen LogP contribution is -2.42. The van der Waals surface area contributed by atoms with Gasteiger partial charge < -0.3 is 14.7 Å². The van der Waals surface area contributed by atoms with Crippen molar-refractivity contribution in [1.82, 2.24) is 10.5 Å². The van der Waals surface area contributed by atoms with E-state index < -0.39 is 0 Å². The number of rotatable bonds is 5. The lowest BCUT2D eigenvalue weighted by atomic mass is 10.0. The second-order valence-corrected chi connectivity index (χ2v) is 7.09. The lowest BCUT2D eigenvalue weighted by Gasteiger charge is -2.34. The molecule has 4 rings (SSSR count). The van der Waals surface area contributed by atoms with Crippen LogP contribution in [-0.2, 0) is 25.8 Å². The normalized spacial score (nSPS) is 18.1. The SMILES string of the molecule is CCc1cc(CNC2CCN(c3ccc4c(c3)CCC4)CC2)on1. The van der Waals surface area contributed by atoms with E-state index in [0.717, 1.165) is 37.5 Å². The number of hydrogen-bond donors (Lipinski definition) is 1. The number of fused-ring (bicyclic) bond motifs is 1. The van der Waals surface area contributed by atoms with Crippen molar-refractivity contribution < 1.29 is 4.52 Å². The van der Waals surface area contributed by atoms with Crippen LogP contribution in [0.1, 0.15) is 48.8 Å². The molecule has 0 bridgehead atoms.